The third kappa shape index (κ3) is 2.88. The second-order valence-corrected chi connectivity index (χ2v) is 6.19. The van der Waals surface area contributed by atoms with Gasteiger partial charge in [0.15, 0.2) is 0 Å². The molecule has 0 saturated heterocycles. The number of benzene rings is 1. The number of thiophene rings is 1. The maximum absolute atomic E-state index is 5.36. The van der Waals surface area contributed by atoms with Crippen molar-refractivity contribution in [2.45, 2.75) is 0 Å². The van der Waals surface area contributed by atoms with Crippen LogP contribution in [0.15, 0.2) is 57.3 Å². The molecule has 0 amide bonds. The van der Waals surface area contributed by atoms with Crippen molar-refractivity contribution in [3.63, 3.8) is 0 Å². The molecular formula is C16H15N3OS2. The smallest absolute Gasteiger partial charge is 0.205 e. The molecule has 0 fully saturated rings. The van der Waals surface area contributed by atoms with Crippen LogP contribution >= 0.6 is 22.7 Å². The highest BCUT2D eigenvalue weighted by molar-refractivity contribution is 7.14. The zero-order chi connectivity index (χ0) is 15.4. The van der Waals surface area contributed by atoms with Gasteiger partial charge >= 0.3 is 0 Å². The molecular weight excluding hydrogens is 314 g/mol. The average molecular weight is 329 g/mol. The van der Waals surface area contributed by atoms with E-state index in [0.29, 0.717) is 0 Å². The molecule has 4 nitrogen and oxygen atoms in total. The SMILES string of the molecule is CN=c1scc(-c2cccs2)n1N=Cc1ccccc1OC. The van der Waals surface area contributed by atoms with Crippen LogP contribution < -0.4 is 9.54 Å². The number of hydrogen-bond donors (Lipinski definition) is 0. The fraction of sp³-hybridized carbons (Fsp3) is 0.125. The number of para-hydroxylation sites is 1. The molecule has 0 atom stereocenters. The minimum Gasteiger partial charge on any atom is -0.496 e. The summed E-state index contributed by atoms with van der Waals surface area (Å²) in [6.07, 6.45) is 1.80. The van der Waals surface area contributed by atoms with Gasteiger partial charge in [-0.1, -0.05) is 18.2 Å². The largest absolute Gasteiger partial charge is 0.496 e. The van der Waals surface area contributed by atoms with Crippen molar-refractivity contribution in [3.8, 4) is 16.3 Å². The van der Waals surface area contributed by atoms with E-state index in [1.54, 1.807) is 43.0 Å². The van der Waals surface area contributed by atoms with Crippen molar-refractivity contribution in [2.24, 2.45) is 10.1 Å². The van der Waals surface area contributed by atoms with Crippen molar-refractivity contribution in [3.05, 3.63) is 57.5 Å². The highest BCUT2D eigenvalue weighted by atomic mass is 32.1. The zero-order valence-corrected chi connectivity index (χ0v) is 13.9. The third-order valence-electron chi connectivity index (χ3n) is 3.10. The van der Waals surface area contributed by atoms with Crippen LogP contribution in [-0.2, 0) is 0 Å². The molecule has 3 rings (SSSR count). The molecule has 0 saturated carbocycles. The normalized spacial score (nSPS) is 12.2. The van der Waals surface area contributed by atoms with Crippen LogP contribution in [0.1, 0.15) is 5.56 Å². The molecule has 0 bridgehead atoms. The van der Waals surface area contributed by atoms with Crippen LogP contribution in [0.4, 0.5) is 0 Å². The summed E-state index contributed by atoms with van der Waals surface area (Å²) in [7, 11) is 3.44. The summed E-state index contributed by atoms with van der Waals surface area (Å²) in [6, 6.07) is 11.9. The first-order valence-electron chi connectivity index (χ1n) is 6.68. The van der Waals surface area contributed by atoms with Crippen molar-refractivity contribution >= 4 is 28.9 Å². The summed E-state index contributed by atoms with van der Waals surface area (Å²) in [4.78, 5) is 6.32. The first kappa shape index (κ1) is 14.7. The Morgan fingerprint density at radius 2 is 2.00 bits per heavy atom. The highest BCUT2D eigenvalue weighted by Gasteiger charge is 2.08. The standard InChI is InChI=1S/C16H15N3OS2/c1-17-16-19(13(11-22-16)15-8-5-9-21-15)18-10-12-6-3-4-7-14(12)20-2/h3-11H,1-2H3. The molecule has 1 aromatic carbocycles. The summed E-state index contributed by atoms with van der Waals surface area (Å²) < 4.78 is 7.22. The Bertz CT molecular complexity index is 844. The average Bonchev–Trinajstić information content (AvgIpc) is 3.21. The van der Waals surface area contributed by atoms with Gasteiger partial charge in [-0.25, -0.2) is 4.68 Å². The summed E-state index contributed by atoms with van der Waals surface area (Å²) in [6.45, 7) is 0. The molecule has 3 aromatic rings. The lowest BCUT2D eigenvalue weighted by Crippen LogP contribution is -2.11. The van der Waals surface area contributed by atoms with E-state index in [4.69, 9.17) is 4.74 Å². The summed E-state index contributed by atoms with van der Waals surface area (Å²) in [5.41, 5.74) is 1.98. The highest BCUT2D eigenvalue weighted by Crippen LogP contribution is 2.25. The van der Waals surface area contributed by atoms with Gasteiger partial charge in [-0.3, -0.25) is 4.99 Å². The lowest BCUT2D eigenvalue weighted by Gasteiger charge is -2.04. The van der Waals surface area contributed by atoms with E-state index in [9.17, 15) is 0 Å². The van der Waals surface area contributed by atoms with Gasteiger partial charge < -0.3 is 4.74 Å². The van der Waals surface area contributed by atoms with E-state index in [2.05, 4.69) is 26.9 Å². The van der Waals surface area contributed by atoms with Gasteiger partial charge in [0.25, 0.3) is 0 Å². The topological polar surface area (TPSA) is 38.9 Å². The fourth-order valence-corrected chi connectivity index (χ4v) is 3.65. The maximum Gasteiger partial charge on any atom is 0.205 e. The zero-order valence-electron chi connectivity index (χ0n) is 12.3. The van der Waals surface area contributed by atoms with Crippen LogP contribution in [0.25, 0.3) is 10.6 Å². The van der Waals surface area contributed by atoms with Crippen LogP contribution in [0.3, 0.4) is 0 Å². The Kier molecular flexibility index (Phi) is 4.50. The van der Waals surface area contributed by atoms with Crippen LogP contribution in [0.2, 0.25) is 0 Å². The molecule has 0 aliphatic carbocycles. The lowest BCUT2D eigenvalue weighted by molar-refractivity contribution is 0.414. The maximum atomic E-state index is 5.36. The third-order valence-corrected chi connectivity index (χ3v) is 4.90. The second kappa shape index (κ2) is 6.72. The van der Waals surface area contributed by atoms with Crippen molar-refractivity contribution in [2.75, 3.05) is 14.2 Å². The van der Waals surface area contributed by atoms with Gasteiger partial charge in [0, 0.05) is 18.0 Å². The Labute approximate surface area is 136 Å². The minimum atomic E-state index is 0.801. The molecule has 0 radical (unpaired) electrons. The van der Waals surface area contributed by atoms with Gasteiger partial charge in [0.1, 0.15) is 5.75 Å². The summed E-state index contributed by atoms with van der Waals surface area (Å²) in [5.74, 6) is 0.801. The Morgan fingerprint density at radius 3 is 2.73 bits per heavy atom. The molecule has 0 aliphatic rings. The number of hydrogen-bond acceptors (Lipinski definition) is 5. The number of nitrogens with zero attached hydrogens (tertiary/aromatic N) is 3. The number of aromatic nitrogens is 1. The molecule has 0 N–H and O–H groups in total. The van der Waals surface area contributed by atoms with Crippen LogP contribution in [0.5, 0.6) is 5.75 Å². The van der Waals surface area contributed by atoms with Crippen molar-refractivity contribution in [1.82, 2.24) is 4.68 Å². The quantitative estimate of drug-likeness (QED) is 0.673. The monoisotopic (exact) mass is 329 g/mol. The molecule has 22 heavy (non-hydrogen) atoms. The number of methoxy groups -OCH3 is 1. The molecule has 2 heterocycles. The van der Waals surface area contributed by atoms with Crippen molar-refractivity contribution in [1.29, 1.82) is 0 Å². The molecule has 0 aliphatic heterocycles. The Balaban J connectivity index is 2.05. The minimum absolute atomic E-state index is 0.801. The Hall–Kier alpha value is -2.18. The van der Waals surface area contributed by atoms with Crippen LogP contribution in [0, 0.1) is 0 Å². The van der Waals surface area contributed by atoms with E-state index in [0.717, 1.165) is 21.8 Å². The molecule has 0 unspecified atom stereocenters. The molecule has 2 aromatic heterocycles. The molecule has 112 valence electrons. The van der Waals surface area contributed by atoms with E-state index < -0.39 is 0 Å². The lowest BCUT2D eigenvalue weighted by atomic mass is 10.2. The molecule has 0 spiro atoms. The van der Waals surface area contributed by atoms with Gasteiger partial charge in [-0.05, 0) is 23.6 Å². The van der Waals surface area contributed by atoms with Gasteiger partial charge in [0.05, 0.1) is 23.9 Å². The number of ether oxygens (including phenoxy) is 1. The summed E-state index contributed by atoms with van der Waals surface area (Å²) >= 11 is 3.27. The first-order chi connectivity index (χ1) is 10.8. The predicted molar refractivity (Wildman–Crippen MR) is 93.1 cm³/mol. The predicted octanol–water partition coefficient (Wildman–Crippen LogP) is 3.70. The van der Waals surface area contributed by atoms with E-state index in [1.807, 2.05) is 35.0 Å². The van der Waals surface area contributed by atoms with Crippen LogP contribution in [-0.4, -0.2) is 25.0 Å². The summed E-state index contributed by atoms with van der Waals surface area (Å²) in [5, 5.41) is 8.74. The number of rotatable bonds is 4. The van der Waals surface area contributed by atoms with E-state index in [-0.39, 0.29) is 0 Å². The van der Waals surface area contributed by atoms with Crippen molar-refractivity contribution < 1.29 is 4.74 Å². The number of thiazole rings is 1. The van der Waals surface area contributed by atoms with Gasteiger partial charge in [-0.15, -0.1) is 22.7 Å². The fourth-order valence-electron chi connectivity index (χ4n) is 2.05. The van der Waals surface area contributed by atoms with Gasteiger partial charge in [0.2, 0.25) is 4.80 Å². The Morgan fingerprint density at radius 1 is 1.14 bits per heavy atom. The van der Waals surface area contributed by atoms with E-state index >= 15 is 0 Å². The van der Waals surface area contributed by atoms with E-state index in [1.165, 1.54) is 4.88 Å². The first-order valence-corrected chi connectivity index (χ1v) is 8.44. The van der Waals surface area contributed by atoms with Gasteiger partial charge in [-0.2, -0.15) is 5.10 Å². The second-order valence-electron chi connectivity index (χ2n) is 4.40. The molecule has 6 heteroatoms.